The van der Waals surface area contributed by atoms with E-state index in [1.165, 1.54) is 54.9 Å². The number of nitrogens with zero attached hydrogens (tertiary/aromatic N) is 4. The highest BCUT2D eigenvalue weighted by atomic mass is 15.2. The fourth-order valence-corrected chi connectivity index (χ4v) is 10.2. The van der Waals surface area contributed by atoms with E-state index in [1.54, 1.807) is 0 Å². The summed E-state index contributed by atoms with van der Waals surface area (Å²) in [7, 11) is 0. The first-order valence-corrected chi connectivity index (χ1v) is 25.1. The third kappa shape index (κ3) is 8.63. The van der Waals surface area contributed by atoms with Crippen LogP contribution in [0.25, 0.3) is 100.0 Å². The second kappa shape index (κ2) is 19.4. The van der Waals surface area contributed by atoms with Gasteiger partial charge in [0.2, 0.25) is 0 Å². The second-order valence-electron chi connectivity index (χ2n) is 18.6. The van der Waals surface area contributed by atoms with E-state index in [0.29, 0.717) is 11.7 Å². The molecule has 0 spiro atoms. The van der Waals surface area contributed by atoms with Crippen LogP contribution in [0.1, 0.15) is 22.9 Å². The smallest absolute Gasteiger partial charge is 0.160 e. The van der Waals surface area contributed by atoms with Gasteiger partial charge in [-0.3, -0.25) is 0 Å². The van der Waals surface area contributed by atoms with Crippen molar-refractivity contribution in [3.05, 3.63) is 290 Å². The summed E-state index contributed by atoms with van der Waals surface area (Å²) >= 11 is 0. The van der Waals surface area contributed by atoms with Gasteiger partial charge in [-0.25, -0.2) is 20.0 Å². The monoisotopic (exact) mass is 945 g/mol. The van der Waals surface area contributed by atoms with E-state index in [-0.39, 0.29) is 6.17 Å². The van der Waals surface area contributed by atoms with Gasteiger partial charge in [0.15, 0.2) is 11.7 Å². The Hall–Kier alpha value is -9.84. The molecule has 1 atom stereocenters. The molecule has 1 unspecified atom stereocenters. The van der Waals surface area contributed by atoms with Crippen molar-refractivity contribution in [2.75, 3.05) is 0 Å². The van der Waals surface area contributed by atoms with Crippen molar-refractivity contribution in [3.8, 4) is 78.4 Å². The minimum absolute atomic E-state index is 0.255. The lowest BCUT2D eigenvalue weighted by Crippen LogP contribution is -2.33. The van der Waals surface area contributed by atoms with Gasteiger partial charge in [-0.05, 0) is 77.7 Å². The Kier molecular flexibility index (Phi) is 11.6. The minimum atomic E-state index is -0.255. The van der Waals surface area contributed by atoms with Crippen LogP contribution in [0, 0.1) is 0 Å². The van der Waals surface area contributed by atoms with Crippen molar-refractivity contribution in [1.29, 1.82) is 0 Å². The van der Waals surface area contributed by atoms with Crippen LogP contribution in [0.2, 0.25) is 0 Å². The molecule has 0 bridgehead atoms. The van der Waals surface area contributed by atoms with Crippen LogP contribution in [-0.4, -0.2) is 21.6 Å². The molecule has 0 saturated carbocycles. The molecule has 1 aliphatic heterocycles. The number of aliphatic imine (C=N–C) groups is 2. The predicted octanol–water partition coefficient (Wildman–Crippen LogP) is 16.9. The Morgan fingerprint density at radius 3 is 1.15 bits per heavy atom. The Balaban J connectivity index is 0.817. The van der Waals surface area contributed by atoms with Crippen molar-refractivity contribution in [2.45, 2.75) is 6.17 Å². The number of amidine groups is 2. The first-order valence-electron chi connectivity index (χ1n) is 25.1. The number of hydrogen-bond donors (Lipinski definition) is 1. The fourth-order valence-electron chi connectivity index (χ4n) is 10.2. The summed E-state index contributed by atoms with van der Waals surface area (Å²) in [5.41, 5.74) is 17.2. The van der Waals surface area contributed by atoms with E-state index < -0.39 is 0 Å². The molecule has 0 amide bonds. The maximum absolute atomic E-state index is 5.14. The topological polar surface area (TPSA) is 62.5 Å². The molecular formula is C69H47N5. The molecular weight excluding hydrogens is 899 g/mol. The van der Waals surface area contributed by atoms with E-state index in [9.17, 15) is 0 Å². The Bertz CT molecular complexity index is 4040. The predicted molar refractivity (Wildman–Crippen MR) is 307 cm³/mol. The molecule has 2 heterocycles. The van der Waals surface area contributed by atoms with Crippen LogP contribution in [0.3, 0.4) is 0 Å². The van der Waals surface area contributed by atoms with Gasteiger partial charge in [-0.2, -0.15) is 0 Å². The first-order chi connectivity index (χ1) is 36.7. The zero-order chi connectivity index (χ0) is 49.2. The molecule has 5 nitrogen and oxygen atoms in total. The van der Waals surface area contributed by atoms with Crippen LogP contribution in [0.5, 0.6) is 0 Å². The van der Waals surface area contributed by atoms with Gasteiger partial charge in [0.05, 0.1) is 11.4 Å². The maximum Gasteiger partial charge on any atom is 0.160 e. The first kappa shape index (κ1) is 44.1. The van der Waals surface area contributed by atoms with E-state index in [2.05, 4.69) is 218 Å². The molecule has 1 aliphatic rings. The van der Waals surface area contributed by atoms with Gasteiger partial charge in [-0.1, -0.05) is 267 Å². The number of hydrogen-bond acceptors (Lipinski definition) is 5. The number of benzene rings is 11. The molecule has 1 aromatic heterocycles. The molecule has 12 aromatic rings. The summed E-state index contributed by atoms with van der Waals surface area (Å²) < 4.78 is 0. The van der Waals surface area contributed by atoms with E-state index in [4.69, 9.17) is 20.0 Å². The van der Waals surface area contributed by atoms with Gasteiger partial charge in [0.1, 0.15) is 12.0 Å². The van der Waals surface area contributed by atoms with E-state index in [1.807, 2.05) is 60.7 Å². The quantitative estimate of drug-likeness (QED) is 0.149. The molecule has 0 saturated heterocycles. The van der Waals surface area contributed by atoms with Crippen LogP contribution < -0.4 is 5.32 Å². The van der Waals surface area contributed by atoms with E-state index in [0.717, 1.165) is 61.7 Å². The molecule has 11 aromatic carbocycles. The van der Waals surface area contributed by atoms with E-state index >= 15 is 0 Å². The molecule has 348 valence electrons. The highest BCUT2D eigenvalue weighted by Gasteiger charge is 2.22. The molecule has 74 heavy (non-hydrogen) atoms. The molecule has 5 heteroatoms. The highest BCUT2D eigenvalue weighted by Crippen LogP contribution is 2.42. The number of rotatable bonds is 10. The minimum Gasteiger partial charge on any atom is -0.344 e. The largest absolute Gasteiger partial charge is 0.344 e. The van der Waals surface area contributed by atoms with Crippen LogP contribution in [0.4, 0.5) is 0 Å². The average molecular weight is 946 g/mol. The van der Waals surface area contributed by atoms with Gasteiger partial charge >= 0.3 is 0 Å². The van der Waals surface area contributed by atoms with Crippen molar-refractivity contribution < 1.29 is 0 Å². The highest BCUT2D eigenvalue weighted by molar-refractivity contribution is 6.14. The second-order valence-corrected chi connectivity index (χ2v) is 18.6. The zero-order valence-electron chi connectivity index (χ0n) is 40.3. The summed E-state index contributed by atoms with van der Waals surface area (Å²) in [6.07, 6.45) is -0.255. The lowest BCUT2D eigenvalue weighted by atomic mass is 9.88. The Labute approximate surface area is 430 Å². The Morgan fingerprint density at radius 1 is 0.284 bits per heavy atom. The van der Waals surface area contributed by atoms with Crippen molar-refractivity contribution in [2.24, 2.45) is 9.98 Å². The molecule has 0 radical (unpaired) electrons. The van der Waals surface area contributed by atoms with Crippen molar-refractivity contribution in [3.63, 3.8) is 0 Å². The average Bonchev–Trinajstić information content (AvgIpc) is 3.49. The lowest BCUT2D eigenvalue weighted by molar-refractivity contribution is 0.674. The summed E-state index contributed by atoms with van der Waals surface area (Å²) in [4.78, 5) is 20.4. The summed E-state index contributed by atoms with van der Waals surface area (Å²) in [6.45, 7) is 0. The number of aromatic nitrogens is 2. The normalized spacial score (nSPS) is 13.3. The molecule has 0 aliphatic carbocycles. The lowest BCUT2D eigenvalue weighted by Gasteiger charge is -2.23. The Morgan fingerprint density at radius 2 is 0.649 bits per heavy atom. The van der Waals surface area contributed by atoms with Crippen molar-refractivity contribution >= 4 is 33.2 Å². The van der Waals surface area contributed by atoms with Crippen LogP contribution in [0.15, 0.2) is 283 Å². The number of nitrogens with one attached hydrogen (secondary N) is 1. The third-order valence-corrected chi connectivity index (χ3v) is 14.0. The number of fused-ring (bicyclic) bond motifs is 2. The maximum atomic E-state index is 5.14. The van der Waals surface area contributed by atoms with Crippen molar-refractivity contribution in [1.82, 2.24) is 15.3 Å². The van der Waals surface area contributed by atoms with Crippen LogP contribution in [-0.2, 0) is 0 Å². The van der Waals surface area contributed by atoms with Gasteiger partial charge in [0, 0.05) is 27.8 Å². The molecule has 13 rings (SSSR count). The summed E-state index contributed by atoms with van der Waals surface area (Å²) in [5, 5.41) is 8.37. The van der Waals surface area contributed by atoms with Crippen LogP contribution >= 0.6 is 0 Å². The van der Waals surface area contributed by atoms with Gasteiger partial charge in [-0.15, -0.1) is 0 Å². The fraction of sp³-hybridized carbons (Fsp3) is 0.0145. The van der Waals surface area contributed by atoms with Gasteiger partial charge < -0.3 is 5.32 Å². The van der Waals surface area contributed by atoms with Gasteiger partial charge in [0.25, 0.3) is 0 Å². The zero-order valence-corrected chi connectivity index (χ0v) is 40.3. The standard InChI is InChI=1S/C69H47N5/c1-5-17-46(18-6-1)47-29-35-50(36-30-47)64-45-65(71-66(70-64)52-19-7-2-8-20-52)51-37-31-48(32-38-51)56-41-43-62(60-27-15-13-25-58(56)60)63-44-42-57(59-26-14-16-28-61(59)63)49-33-39-55(40-34-49)69-73-67(53-21-9-3-10-22-53)72-68(74-69)54-23-11-4-12-24-54/h1-45,67H,(H,72,73,74). The summed E-state index contributed by atoms with van der Waals surface area (Å²) in [5.74, 6) is 2.21. The molecule has 0 fully saturated rings. The SMILES string of the molecule is c1ccc(C2=NC(c3ccc(-c4ccc(-c5ccc(-c6ccc(-c7cc(-c8ccc(-c9ccccc9)cc8)nc(-c8ccccc8)n7)cc6)c6ccccc56)c5ccccc45)cc3)=NC(c3ccccc3)N2)cc1. The summed E-state index contributed by atoms with van der Waals surface area (Å²) in [6, 6.07) is 96.2. The third-order valence-electron chi connectivity index (χ3n) is 14.0. The molecule has 1 N–H and O–H groups in total.